The Hall–Kier alpha value is -2.56. The maximum Gasteiger partial charge on any atom is 0.215 e. The number of aromatic nitrogens is 5. The second kappa shape index (κ2) is 10.8. The van der Waals surface area contributed by atoms with Crippen LogP contribution in [0.4, 0.5) is 0 Å². The van der Waals surface area contributed by atoms with Gasteiger partial charge in [0.1, 0.15) is 24.8 Å². The molecule has 1 aliphatic rings. The minimum absolute atomic E-state index is 0.299. The van der Waals surface area contributed by atoms with Gasteiger partial charge in [-0.2, -0.15) is 0 Å². The SMILES string of the molecule is CC(C)Sc1nncn1-c1ccc(OCC2COC(Cn3ccnc3)(c3ccc(Cl)cc3Cl)O2)cc1. The summed E-state index contributed by atoms with van der Waals surface area (Å²) in [4.78, 5) is 4.13. The molecule has 0 bridgehead atoms. The van der Waals surface area contributed by atoms with Crippen LogP contribution < -0.4 is 4.74 Å². The van der Waals surface area contributed by atoms with Crippen LogP contribution in [0, 0.1) is 0 Å². The van der Waals surface area contributed by atoms with Gasteiger partial charge in [0.05, 0.1) is 24.5 Å². The first kappa shape index (κ1) is 25.1. The van der Waals surface area contributed by atoms with Crippen LogP contribution in [0.1, 0.15) is 19.4 Å². The molecule has 8 nitrogen and oxygen atoms in total. The molecule has 0 radical (unpaired) electrons. The minimum Gasteiger partial charge on any atom is -0.491 e. The summed E-state index contributed by atoms with van der Waals surface area (Å²) in [6.45, 7) is 5.30. The van der Waals surface area contributed by atoms with Crippen molar-refractivity contribution in [2.75, 3.05) is 13.2 Å². The van der Waals surface area contributed by atoms with E-state index < -0.39 is 5.79 Å². The van der Waals surface area contributed by atoms with E-state index >= 15 is 0 Å². The molecule has 1 aliphatic heterocycles. The quantitative estimate of drug-likeness (QED) is 0.252. The van der Waals surface area contributed by atoms with Gasteiger partial charge in [0.15, 0.2) is 5.16 Å². The second-order valence-electron chi connectivity index (χ2n) is 8.62. The van der Waals surface area contributed by atoms with Crippen LogP contribution in [-0.2, 0) is 21.8 Å². The maximum absolute atomic E-state index is 6.54. The van der Waals surface area contributed by atoms with E-state index in [2.05, 4.69) is 29.0 Å². The minimum atomic E-state index is -1.08. The second-order valence-corrected chi connectivity index (χ2v) is 11.0. The maximum atomic E-state index is 6.54. The number of hydrogen-bond acceptors (Lipinski definition) is 7. The highest BCUT2D eigenvalue weighted by Crippen LogP contribution is 2.40. The van der Waals surface area contributed by atoms with E-state index in [9.17, 15) is 0 Å². The molecule has 0 N–H and O–H groups in total. The first-order chi connectivity index (χ1) is 17.4. The summed E-state index contributed by atoms with van der Waals surface area (Å²) in [5.74, 6) is -0.357. The lowest BCUT2D eigenvalue weighted by atomic mass is 10.1. The fourth-order valence-corrected chi connectivity index (χ4v) is 5.29. The zero-order valence-electron chi connectivity index (χ0n) is 19.8. The summed E-state index contributed by atoms with van der Waals surface area (Å²) < 4.78 is 22.6. The molecule has 2 unspecified atom stereocenters. The van der Waals surface area contributed by atoms with Crippen LogP contribution in [-0.4, -0.2) is 48.9 Å². The highest BCUT2D eigenvalue weighted by molar-refractivity contribution is 7.99. The molecule has 4 aromatic rings. The third kappa shape index (κ3) is 5.55. The summed E-state index contributed by atoms with van der Waals surface area (Å²) in [5, 5.41) is 10.5. The van der Waals surface area contributed by atoms with E-state index in [-0.39, 0.29) is 6.10 Å². The van der Waals surface area contributed by atoms with Gasteiger partial charge in [0.2, 0.25) is 5.79 Å². The van der Waals surface area contributed by atoms with E-state index in [0.717, 1.165) is 16.6 Å². The summed E-state index contributed by atoms with van der Waals surface area (Å²) >= 11 is 14.3. The smallest absolute Gasteiger partial charge is 0.215 e. The van der Waals surface area contributed by atoms with Gasteiger partial charge in [0, 0.05) is 33.9 Å². The summed E-state index contributed by atoms with van der Waals surface area (Å²) in [6.07, 6.45) is 6.69. The predicted octanol–water partition coefficient (Wildman–Crippen LogP) is 5.62. The normalized spacial score (nSPS) is 19.8. The van der Waals surface area contributed by atoms with Crippen molar-refractivity contribution in [1.29, 1.82) is 0 Å². The number of nitrogens with zero attached hydrogens (tertiary/aromatic N) is 5. The van der Waals surface area contributed by atoms with E-state index in [4.69, 9.17) is 37.4 Å². The molecule has 11 heteroatoms. The number of benzene rings is 2. The molecule has 1 saturated heterocycles. The third-order valence-corrected chi connectivity index (χ3v) is 7.07. The fourth-order valence-electron chi connectivity index (χ4n) is 3.96. The lowest BCUT2D eigenvalue weighted by Gasteiger charge is -2.30. The number of ether oxygens (including phenoxy) is 3. The lowest BCUT2D eigenvalue weighted by molar-refractivity contribution is -0.189. The van der Waals surface area contributed by atoms with Gasteiger partial charge in [0.25, 0.3) is 0 Å². The molecule has 0 saturated carbocycles. The fraction of sp³-hybridized carbons (Fsp3) is 0.320. The van der Waals surface area contributed by atoms with Crippen molar-refractivity contribution in [3.05, 3.63) is 83.1 Å². The van der Waals surface area contributed by atoms with Gasteiger partial charge in [-0.05, 0) is 36.4 Å². The van der Waals surface area contributed by atoms with Gasteiger partial charge in [-0.25, -0.2) is 4.98 Å². The lowest BCUT2D eigenvalue weighted by Crippen LogP contribution is -2.34. The monoisotopic (exact) mass is 545 g/mol. The van der Waals surface area contributed by atoms with Crippen molar-refractivity contribution in [3.63, 3.8) is 0 Å². The molecule has 188 valence electrons. The Labute approximate surface area is 223 Å². The molecule has 0 spiro atoms. The van der Waals surface area contributed by atoms with Crippen molar-refractivity contribution in [2.45, 2.75) is 42.7 Å². The largest absolute Gasteiger partial charge is 0.491 e. The summed E-state index contributed by atoms with van der Waals surface area (Å²) in [7, 11) is 0. The molecule has 3 heterocycles. The Balaban J connectivity index is 1.27. The average molecular weight is 546 g/mol. The average Bonchev–Trinajstić information content (AvgIpc) is 3.60. The molecule has 36 heavy (non-hydrogen) atoms. The first-order valence-electron chi connectivity index (χ1n) is 11.4. The Morgan fingerprint density at radius 1 is 1.17 bits per heavy atom. The van der Waals surface area contributed by atoms with Crippen LogP contribution >= 0.6 is 35.0 Å². The van der Waals surface area contributed by atoms with Crippen LogP contribution in [0.25, 0.3) is 5.69 Å². The Morgan fingerprint density at radius 2 is 2.00 bits per heavy atom. The summed E-state index contributed by atoms with van der Waals surface area (Å²) in [5.41, 5.74) is 1.67. The van der Waals surface area contributed by atoms with Crippen molar-refractivity contribution in [3.8, 4) is 11.4 Å². The van der Waals surface area contributed by atoms with E-state index in [1.165, 1.54) is 0 Å². The van der Waals surface area contributed by atoms with Crippen molar-refractivity contribution >= 4 is 35.0 Å². The summed E-state index contributed by atoms with van der Waals surface area (Å²) in [6, 6.07) is 13.1. The zero-order valence-corrected chi connectivity index (χ0v) is 22.1. The van der Waals surface area contributed by atoms with Gasteiger partial charge in [-0.1, -0.05) is 54.9 Å². The van der Waals surface area contributed by atoms with Crippen LogP contribution in [0.2, 0.25) is 10.0 Å². The molecule has 0 amide bonds. The molecule has 1 fully saturated rings. The first-order valence-corrected chi connectivity index (χ1v) is 13.1. The molecule has 0 aliphatic carbocycles. The standard InChI is InChI=1S/C25H25Cl2N5O3S/c1-17(2)36-24-30-29-16-32(24)19-4-6-20(7-5-19)33-12-21-13-34-25(35-21,14-31-10-9-28-15-31)22-8-3-18(26)11-23(22)27/h3-11,15-17,21H,12-14H2,1-2H3. The third-order valence-electron chi connectivity index (χ3n) is 5.56. The van der Waals surface area contributed by atoms with E-state index in [1.54, 1.807) is 42.7 Å². The number of imidazole rings is 1. The number of halogens is 2. The van der Waals surface area contributed by atoms with E-state index in [1.807, 2.05) is 45.7 Å². The Kier molecular flexibility index (Phi) is 7.55. The predicted molar refractivity (Wildman–Crippen MR) is 139 cm³/mol. The number of hydrogen-bond donors (Lipinski definition) is 0. The highest BCUT2D eigenvalue weighted by atomic mass is 35.5. The highest BCUT2D eigenvalue weighted by Gasteiger charge is 2.45. The molecule has 2 atom stereocenters. The molecule has 2 aromatic heterocycles. The molecular weight excluding hydrogens is 521 g/mol. The van der Waals surface area contributed by atoms with Crippen molar-refractivity contribution < 1.29 is 14.2 Å². The number of rotatable bonds is 9. The van der Waals surface area contributed by atoms with Gasteiger partial charge in [-0.15, -0.1) is 10.2 Å². The van der Waals surface area contributed by atoms with Gasteiger partial charge in [-0.3, -0.25) is 4.57 Å². The topological polar surface area (TPSA) is 76.2 Å². The van der Waals surface area contributed by atoms with E-state index in [0.29, 0.717) is 40.6 Å². The van der Waals surface area contributed by atoms with Gasteiger partial charge < -0.3 is 18.8 Å². The van der Waals surface area contributed by atoms with Gasteiger partial charge >= 0.3 is 0 Å². The van der Waals surface area contributed by atoms with Crippen LogP contribution in [0.15, 0.2) is 72.7 Å². The van der Waals surface area contributed by atoms with Crippen molar-refractivity contribution in [1.82, 2.24) is 24.3 Å². The number of thioether (sulfide) groups is 1. The van der Waals surface area contributed by atoms with Crippen molar-refractivity contribution in [2.24, 2.45) is 0 Å². The molecule has 5 rings (SSSR count). The Morgan fingerprint density at radius 3 is 2.72 bits per heavy atom. The van der Waals surface area contributed by atoms with Crippen LogP contribution in [0.5, 0.6) is 5.75 Å². The molecule has 2 aromatic carbocycles. The molecular formula is C25H25Cl2N5O3S. The Bertz CT molecular complexity index is 1300. The zero-order chi connectivity index (χ0) is 25.1. The van der Waals surface area contributed by atoms with Crippen LogP contribution in [0.3, 0.4) is 0 Å².